The first-order valence-electron chi connectivity index (χ1n) is 6.86. The lowest BCUT2D eigenvalue weighted by Gasteiger charge is -2.33. The molecule has 0 unspecified atom stereocenters. The Hall–Kier alpha value is 0.260. The number of nitrogens with one attached hydrogen (secondary N) is 1. The van der Waals surface area contributed by atoms with Gasteiger partial charge in [0.15, 0.2) is 5.11 Å². The Morgan fingerprint density at radius 3 is 1.95 bits per heavy atom. The third-order valence-corrected chi connectivity index (χ3v) is 5.76. The standard InChI is InChI=1S/C12H25N2O2PS2/c1-10(2)15-17(19,16-11(3)4)13-12(18)14-8-6-5-7-9-14/h10-11H,5-9H2,1-4H3,(H,13,18,19). The molecule has 0 aromatic heterocycles. The minimum Gasteiger partial charge on any atom is -0.349 e. The van der Waals surface area contributed by atoms with E-state index in [4.69, 9.17) is 33.1 Å². The van der Waals surface area contributed by atoms with E-state index < -0.39 is 6.64 Å². The van der Waals surface area contributed by atoms with Crippen molar-refractivity contribution in [1.29, 1.82) is 0 Å². The molecule has 0 saturated carbocycles. The van der Waals surface area contributed by atoms with Crippen LogP contribution in [0.1, 0.15) is 47.0 Å². The first-order chi connectivity index (χ1) is 8.82. The van der Waals surface area contributed by atoms with Gasteiger partial charge in [0, 0.05) is 13.1 Å². The van der Waals surface area contributed by atoms with Gasteiger partial charge in [-0.3, -0.25) is 5.09 Å². The van der Waals surface area contributed by atoms with Crippen LogP contribution in [-0.4, -0.2) is 35.3 Å². The van der Waals surface area contributed by atoms with Crippen LogP contribution in [0.4, 0.5) is 0 Å². The smallest absolute Gasteiger partial charge is 0.289 e. The molecule has 0 radical (unpaired) electrons. The highest BCUT2D eigenvalue weighted by molar-refractivity contribution is 8.09. The molecule has 0 aromatic rings. The van der Waals surface area contributed by atoms with Crippen molar-refractivity contribution in [2.24, 2.45) is 0 Å². The van der Waals surface area contributed by atoms with Crippen molar-refractivity contribution >= 4 is 35.8 Å². The Bertz CT molecular complexity index is 331. The van der Waals surface area contributed by atoms with E-state index in [1.807, 2.05) is 27.7 Å². The van der Waals surface area contributed by atoms with E-state index in [-0.39, 0.29) is 12.2 Å². The largest absolute Gasteiger partial charge is 0.349 e. The van der Waals surface area contributed by atoms with Gasteiger partial charge >= 0.3 is 0 Å². The molecule has 0 amide bonds. The molecule has 1 heterocycles. The third-order valence-electron chi connectivity index (χ3n) is 2.58. The fourth-order valence-electron chi connectivity index (χ4n) is 1.92. The lowest BCUT2D eigenvalue weighted by atomic mass is 10.1. The third kappa shape index (κ3) is 6.50. The molecule has 1 saturated heterocycles. The minimum absolute atomic E-state index is 0.0150. The molecular formula is C12H25N2O2PS2. The summed E-state index contributed by atoms with van der Waals surface area (Å²) in [6.07, 6.45) is 3.67. The first kappa shape index (κ1) is 17.3. The molecule has 112 valence electrons. The number of nitrogens with zero attached hydrogens (tertiary/aromatic N) is 1. The Balaban J connectivity index is 2.65. The van der Waals surface area contributed by atoms with Crippen LogP contribution in [0, 0.1) is 0 Å². The molecule has 0 aliphatic carbocycles. The van der Waals surface area contributed by atoms with Crippen LogP contribution in [0.2, 0.25) is 0 Å². The molecule has 7 heteroatoms. The highest BCUT2D eigenvalue weighted by Gasteiger charge is 2.26. The van der Waals surface area contributed by atoms with Gasteiger partial charge < -0.3 is 13.9 Å². The van der Waals surface area contributed by atoms with Crippen LogP contribution in [0.3, 0.4) is 0 Å². The Morgan fingerprint density at radius 2 is 1.53 bits per heavy atom. The number of thiocarbonyl (C=S) groups is 1. The summed E-state index contributed by atoms with van der Waals surface area (Å²) in [4.78, 5) is 2.16. The number of hydrogen-bond acceptors (Lipinski definition) is 4. The zero-order chi connectivity index (χ0) is 14.5. The van der Waals surface area contributed by atoms with Crippen molar-refractivity contribution in [3.05, 3.63) is 0 Å². The van der Waals surface area contributed by atoms with Crippen LogP contribution in [-0.2, 0) is 20.9 Å². The van der Waals surface area contributed by atoms with Crippen LogP contribution >= 0.6 is 18.9 Å². The molecule has 4 nitrogen and oxygen atoms in total. The maximum absolute atomic E-state index is 5.79. The second-order valence-electron chi connectivity index (χ2n) is 5.27. The summed E-state index contributed by atoms with van der Waals surface area (Å²) in [5.41, 5.74) is 0. The lowest BCUT2D eigenvalue weighted by molar-refractivity contribution is 0.171. The Kier molecular flexibility index (Phi) is 7.19. The van der Waals surface area contributed by atoms with Crippen molar-refractivity contribution in [3.8, 4) is 0 Å². The van der Waals surface area contributed by atoms with Crippen LogP contribution in [0.15, 0.2) is 0 Å². The van der Waals surface area contributed by atoms with Crippen molar-refractivity contribution < 1.29 is 9.05 Å². The zero-order valence-corrected chi connectivity index (χ0v) is 14.7. The van der Waals surface area contributed by atoms with E-state index in [2.05, 4.69) is 9.99 Å². The van der Waals surface area contributed by atoms with Gasteiger partial charge in [0.25, 0.3) is 6.64 Å². The summed E-state index contributed by atoms with van der Waals surface area (Å²) < 4.78 is 11.6. The lowest BCUT2D eigenvalue weighted by Crippen LogP contribution is -2.42. The number of hydrogen-bond donors (Lipinski definition) is 1. The average molecular weight is 324 g/mol. The predicted octanol–water partition coefficient (Wildman–Crippen LogP) is 3.42. The summed E-state index contributed by atoms with van der Waals surface area (Å²) >= 11 is 11.0. The van der Waals surface area contributed by atoms with Gasteiger partial charge in [0.2, 0.25) is 0 Å². The van der Waals surface area contributed by atoms with E-state index in [1.54, 1.807) is 0 Å². The highest BCUT2D eigenvalue weighted by Crippen LogP contribution is 2.46. The quantitative estimate of drug-likeness (QED) is 0.616. The van der Waals surface area contributed by atoms with E-state index in [0.717, 1.165) is 13.1 Å². The molecule has 0 aromatic carbocycles. The van der Waals surface area contributed by atoms with Gasteiger partial charge in [-0.2, -0.15) is 0 Å². The van der Waals surface area contributed by atoms with Gasteiger partial charge in [-0.15, -0.1) is 0 Å². The van der Waals surface area contributed by atoms with Gasteiger partial charge in [-0.05, 0) is 71.0 Å². The molecule has 0 atom stereocenters. The molecule has 0 spiro atoms. The summed E-state index contributed by atoms with van der Waals surface area (Å²) in [5.74, 6) is 0. The number of piperidine rings is 1. The zero-order valence-electron chi connectivity index (χ0n) is 12.2. The fourth-order valence-corrected chi connectivity index (χ4v) is 5.57. The summed E-state index contributed by atoms with van der Waals surface area (Å²) in [6.45, 7) is 7.25. The monoisotopic (exact) mass is 324 g/mol. The van der Waals surface area contributed by atoms with Crippen LogP contribution < -0.4 is 5.09 Å². The van der Waals surface area contributed by atoms with Crippen molar-refractivity contribution in [2.45, 2.75) is 59.2 Å². The minimum atomic E-state index is -2.55. The number of likely N-dealkylation sites (tertiary alicyclic amines) is 1. The van der Waals surface area contributed by atoms with Gasteiger partial charge in [0.05, 0.1) is 12.2 Å². The van der Waals surface area contributed by atoms with E-state index in [9.17, 15) is 0 Å². The van der Waals surface area contributed by atoms with E-state index in [0.29, 0.717) is 5.11 Å². The topological polar surface area (TPSA) is 33.7 Å². The highest BCUT2D eigenvalue weighted by atomic mass is 32.5. The van der Waals surface area contributed by atoms with Crippen LogP contribution in [0.25, 0.3) is 0 Å². The molecule has 1 fully saturated rings. The van der Waals surface area contributed by atoms with E-state index >= 15 is 0 Å². The van der Waals surface area contributed by atoms with Crippen molar-refractivity contribution in [1.82, 2.24) is 9.99 Å². The summed E-state index contributed by atoms with van der Waals surface area (Å²) in [5, 5.41) is 3.84. The molecule has 1 aliphatic heterocycles. The van der Waals surface area contributed by atoms with Crippen LogP contribution in [0.5, 0.6) is 0 Å². The maximum atomic E-state index is 5.79. The van der Waals surface area contributed by atoms with E-state index in [1.165, 1.54) is 19.3 Å². The maximum Gasteiger partial charge on any atom is 0.289 e. The second kappa shape index (κ2) is 7.89. The SMILES string of the molecule is CC(C)OP(=S)(NC(=S)N1CCCCC1)OC(C)C. The first-order valence-corrected chi connectivity index (χ1v) is 9.91. The van der Waals surface area contributed by atoms with Crippen molar-refractivity contribution in [2.75, 3.05) is 13.1 Å². The van der Waals surface area contributed by atoms with Gasteiger partial charge in [0.1, 0.15) is 0 Å². The van der Waals surface area contributed by atoms with Crippen molar-refractivity contribution in [3.63, 3.8) is 0 Å². The molecule has 1 N–H and O–H groups in total. The normalized spacial score (nSPS) is 17.1. The summed E-state index contributed by atoms with van der Waals surface area (Å²) in [7, 11) is 0. The van der Waals surface area contributed by atoms with Gasteiger partial charge in [-0.1, -0.05) is 0 Å². The molecule has 1 aliphatic rings. The Labute approximate surface area is 127 Å². The summed E-state index contributed by atoms with van der Waals surface area (Å²) in [6, 6.07) is 0. The fraction of sp³-hybridized carbons (Fsp3) is 0.917. The molecule has 1 rings (SSSR count). The number of rotatable bonds is 5. The molecule has 0 bridgehead atoms. The Morgan fingerprint density at radius 1 is 1.05 bits per heavy atom. The molecule has 19 heavy (non-hydrogen) atoms. The molecular weight excluding hydrogens is 299 g/mol. The van der Waals surface area contributed by atoms with Gasteiger partial charge in [-0.25, -0.2) is 0 Å². The average Bonchev–Trinajstić information content (AvgIpc) is 2.27. The predicted molar refractivity (Wildman–Crippen MR) is 87.9 cm³/mol. The second-order valence-corrected chi connectivity index (χ2v) is 8.74.